The lowest BCUT2D eigenvalue weighted by molar-refractivity contribution is -0.144. The second-order valence-corrected chi connectivity index (χ2v) is 6.92. The highest BCUT2D eigenvalue weighted by Gasteiger charge is 2.44. The van der Waals surface area contributed by atoms with Gasteiger partial charge in [0.15, 0.2) is 0 Å². The molecule has 0 radical (unpaired) electrons. The molecule has 0 aromatic carbocycles. The largest absolute Gasteiger partial charge is 0.335 e. The van der Waals surface area contributed by atoms with Gasteiger partial charge in [0.1, 0.15) is 0 Å². The summed E-state index contributed by atoms with van der Waals surface area (Å²) in [5.74, 6) is 0.303. The lowest BCUT2D eigenvalue weighted by atomic mass is 9.83. The molecule has 1 fully saturated rings. The SMILES string of the molecule is CC1c2ccsc2CCN1C(=O)C1(CN)CCCC1. The molecule has 4 heteroatoms. The van der Waals surface area contributed by atoms with E-state index < -0.39 is 0 Å². The second kappa shape index (κ2) is 4.91. The summed E-state index contributed by atoms with van der Waals surface area (Å²) >= 11 is 1.82. The molecule has 3 rings (SSSR count). The van der Waals surface area contributed by atoms with Crippen molar-refractivity contribution < 1.29 is 4.79 Å². The van der Waals surface area contributed by atoms with Gasteiger partial charge in [-0.25, -0.2) is 0 Å². The second-order valence-electron chi connectivity index (χ2n) is 5.92. The molecule has 3 nitrogen and oxygen atoms in total. The zero-order valence-corrected chi connectivity index (χ0v) is 12.3. The van der Waals surface area contributed by atoms with Crippen molar-refractivity contribution in [2.24, 2.45) is 11.1 Å². The molecule has 2 aliphatic rings. The van der Waals surface area contributed by atoms with Crippen LogP contribution in [-0.4, -0.2) is 23.9 Å². The molecule has 0 bridgehead atoms. The number of fused-ring (bicyclic) bond motifs is 1. The van der Waals surface area contributed by atoms with Crippen molar-refractivity contribution in [1.82, 2.24) is 4.90 Å². The van der Waals surface area contributed by atoms with Gasteiger partial charge in [0, 0.05) is 18.0 Å². The van der Waals surface area contributed by atoms with Crippen molar-refractivity contribution in [1.29, 1.82) is 0 Å². The lowest BCUT2D eigenvalue weighted by Crippen LogP contribution is -2.49. The summed E-state index contributed by atoms with van der Waals surface area (Å²) in [4.78, 5) is 16.5. The van der Waals surface area contributed by atoms with Crippen LogP contribution in [-0.2, 0) is 11.2 Å². The average molecular weight is 278 g/mol. The van der Waals surface area contributed by atoms with Gasteiger partial charge >= 0.3 is 0 Å². The molecule has 1 atom stereocenters. The van der Waals surface area contributed by atoms with Gasteiger partial charge in [-0.15, -0.1) is 11.3 Å². The van der Waals surface area contributed by atoms with Crippen LogP contribution in [0.4, 0.5) is 0 Å². The standard InChI is InChI=1S/C15H22N2OS/c1-11-12-5-9-19-13(12)4-8-17(11)14(18)15(10-16)6-2-3-7-15/h5,9,11H,2-4,6-8,10,16H2,1H3. The van der Waals surface area contributed by atoms with Gasteiger partial charge in [-0.05, 0) is 43.2 Å². The van der Waals surface area contributed by atoms with Crippen LogP contribution in [0.1, 0.15) is 49.1 Å². The van der Waals surface area contributed by atoms with Gasteiger partial charge in [-0.1, -0.05) is 12.8 Å². The number of thiophene rings is 1. The molecular formula is C15H22N2OS. The molecule has 19 heavy (non-hydrogen) atoms. The predicted octanol–water partition coefficient (Wildman–Crippen LogP) is 2.71. The van der Waals surface area contributed by atoms with E-state index in [1.807, 2.05) is 11.3 Å². The normalized spacial score (nSPS) is 25.4. The molecule has 104 valence electrons. The first-order valence-corrected chi connectivity index (χ1v) is 8.13. The van der Waals surface area contributed by atoms with Crippen LogP contribution in [0.15, 0.2) is 11.4 Å². The minimum Gasteiger partial charge on any atom is -0.335 e. The number of carbonyl (C=O) groups is 1. The van der Waals surface area contributed by atoms with Crippen molar-refractivity contribution in [2.75, 3.05) is 13.1 Å². The van der Waals surface area contributed by atoms with Gasteiger partial charge in [0.2, 0.25) is 5.91 Å². The van der Waals surface area contributed by atoms with Gasteiger partial charge < -0.3 is 10.6 Å². The summed E-state index contributed by atoms with van der Waals surface area (Å²) in [6, 6.07) is 2.39. The summed E-state index contributed by atoms with van der Waals surface area (Å²) in [7, 11) is 0. The first kappa shape index (κ1) is 13.1. The van der Waals surface area contributed by atoms with E-state index in [1.165, 1.54) is 10.4 Å². The molecule has 1 unspecified atom stereocenters. The number of hydrogen-bond acceptors (Lipinski definition) is 3. The third kappa shape index (κ3) is 2.01. The predicted molar refractivity (Wildman–Crippen MR) is 78.1 cm³/mol. The van der Waals surface area contributed by atoms with E-state index in [0.717, 1.165) is 38.6 Å². The van der Waals surface area contributed by atoms with Gasteiger partial charge in [-0.2, -0.15) is 0 Å². The lowest BCUT2D eigenvalue weighted by Gasteiger charge is -2.39. The highest BCUT2D eigenvalue weighted by atomic mass is 32.1. The monoisotopic (exact) mass is 278 g/mol. The van der Waals surface area contributed by atoms with E-state index in [2.05, 4.69) is 23.3 Å². The van der Waals surface area contributed by atoms with E-state index in [9.17, 15) is 4.79 Å². The number of carbonyl (C=O) groups excluding carboxylic acids is 1. The Labute approximate surface area is 118 Å². The van der Waals surface area contributed by atoms with Crippen LogP contribution in [0.25, 0.3) is 0 Å². The zero-order valence-electron chi connectivity index (χ0n) is 11.5. The summed E-state index contributed by atoms with van der Waals surface area (Å²) in [5.41, 5.74) is 7.03. The van der Waals surface area contributed by atoms with Crippen molar-refractivity contribution >= 4 is 17.2 Å². The van der Waals surface area contributed by atoms with Crippen LogP contribution in [0.5, 0.6) is 0 Å². The number of amides is 1. The molecule has 2 N–H and O–H groups in total. The quantitative estimate of drug-likeness (QED) is 0.904. The molecule has 1 aliphatic carbocycles. The maximum Gasteiger partial charge on any atom is 0.230 e. The molecule has 0 saturated heterocycles. The van der Waals surface area contributed by atoms with Crippen LogP contribution >= 0.6 is 11.3 Å². The number of nitrogens with zero attached hydrogens (tertiary/aromatic N) is 1. The first-order valence-electron chi connectivity index (χ1n) is 7.25. The molecular weight excluding hydrogens is 256 g/mol. The van der Waals surface area contributed by atoms with Crippen LogP contribution in [0.2, 0.25) is 0 Å². The molecule has 1 saturated carbocycles. The summed E-state index contributed by atoms with van der Waals surface area (Å²) in [5, 5.41) is 2.14. The third-order valence-electron chi connectivity index (χ3n) is 4.94. The Morgan fingerprint density at radius 1 is 1.53 bits per heavy atom. The van der Waals surface area contributed by atoms with Crippen molar-refractivity contribution in [2.45, 2.75) is 45.1 Å². The Balaban J connectivity index is 1.85. The van der Waals surface area contributed by atoms with E-state index in [4.69, 9.17) is 5.73 Å². The van der Waals surface area contributed by atoms with Gasteiger partial charge in [-0.3, -0.25) is 4.79 Å². The molecule has 1 aliphatic heterocycles. The van der Waals surface area contributed by atoms with Crippen LogP contribution in [0.3, 0.4) is 0 Å². The smallest absolute Gasteiger partial charge is 0.230 e. The Morgan fingerprint density at radius 2 is 2.26 bits per heavy atom. The number of rotatable bonds is 2. The topological polar surface area (TPSA) is 46.3 Å². The minimum atomic E-state index is -0.262. The van der Waals surface area contributed by atoms with E-state index in [1.54, 1.807) is 0 Å². The fourth-order valence-corrected chi connectivity index (χ4v) is 4.61. The maximum atomic E-state index is 12.9. The Kier molecular flexibility index (Phi) is 3.39. The molecule has 1 aromatic rings. The highest BCUT2D eigenvalue weighted by Crippen LogP contribution is 2.42. The minimum absolute atomic E-state index is 0.214. The number of hydrogen-bond donors (Lipinski definition) is 1. The van der Waals surface area contributed by atoms with Crippen LogP contribution < -0.4 is 5.73 Å². The molecule has 0 spiro atoms. The maximum absolute atomic E-state index is 12.9. The summed E-state index contributed by atoms with van der Waals surface area (Å²) in [6.07, 6.45) is 5.25. The molecule has 1 amide bonds. The van der Waals surface area contributed by atoms with E-state index in [-0.39, 0.29) is 11.5 Å². The fourth-order valence-electron chi connectivity index (χ4n) is 3.65. The van der Waals surface area contributed by atoms with Gasteiger partial charge in [0.05, 0.1) is 11.5 Å². The summed E-state index contributed by atoms with van der Waals surface area (Å²) in [6.45, 7) is 3.52. The summed E-state index contributed by atoms with van der Waals surface area (Å²) < 4.78 is 0. The highest BCUT2D eigenvalue weighted by molar-refractivity contribution is 7.10. The Morgan fingerprint density at radius 3 is 2.95 bits per heavy atom. The van der Waals surface area contributed by atoms with E-state index in [0.29, 0.717) is 12.5 Å². The van der Waals surface area contributed by atoms with Crippen molar-refractivity contribution in [3.05, 3.63) is 21.9 Å². The fraction of sp³-hybridized carbons (Fsp3) is 0.667. The van der Waals surface area contributed by atoms with Crippen molar-refractivity contribution in [3.63, 3.8) is 0 Å². The Bertz CT molecular complexity index is 476. The third-order valence-corrected chi connectivity index (χ3v) is 5.94. The number of nitrogens with two attached hydrogens (primary N) is 1. The van der Waals surface area contributed by atoms with E-state index >= 15 is 0 Å². The zero-order chi connectivity index (χ0) is 13.5. The van der Waals surface area contributed by atoms with Gasteiger partial charge in [0.25, 0.3) is 0 Å². The van der Waals surface area contributed by atoms with Crippen LogP contribution in [0, 0.1) is 5.41 Å². The first-order chi connectivity index (χ1) is 9.18. The molecule has 1 aromatic heterocycles. The average Bonchev–Trinajstić information content (AvgIpc) is 3.08. The molecule has 2 heterocycles. The van der Waals surface area contributed by atoms with Crippen molar-refractivity contribution in [3.8, 4) is 0 Å². The Hall–Kier alpha value is -0.870.